The number of aromatic nitrogens is 1. The zero-order valence-corrected chi connectivity index (χ0v) is 27.6. The summed E-state index contributed by atoms with van der Waals surface area (Å²) in [6.45, 7) is 2.21. The first-order valence-corrected chi connectivity index (χ1v) is 16.1. The Labute approximate surface area is 276 Å². The molecule has 48 heavy (non-hydrogen) atoms. The molecule has 2 bridgehead atoms. The van der Waals surface area contributed by atoms with Gasteiger partial charge in [-0.15, -0.1) is 0 Å². The second kappa shape index (κ2) is 15.4. The van der Waals surface area contributed by atoms with Crippen LogP contribution in [0.2, 0.25) is 0 Å². The minimum absolute atomic E-state index is 0.0676. The van der Waals surface area contributed by atoms with E-state index in [0.717, 1.165) is 24.5 Å². The number of carboxylic acid groups (broad SMARTS) is 1. The van der Waals surface area contributed by atoms with Crippen LogP contribution in [-0.2, 0) is 35.7 Å². The molecule has 2 atom stereocenters. The van der Waals surface area contributed by atoms with Gasteiger partial charge >= 0.3 is 12.1 Å². The Hall–Kier alpha value is -4.06. The summed E-state index contributed by atoms with van der Waals surface area (Å²) < 4.78 is 74.8. The van der Waals surface area contributed by atoms with Gasteiger partial charge in [-0.1, -0.05) is 25.7 Å². The lowest BCUT2D eigenvalue weighted by Crippen LogP contribution is -2.37. The van der Waals surface area contributed by atoms with E-state index in [1.165, 1.54) is 16.7 Å². The van der Waals surface area contributed by atoms with Crippen molar-refractivity contribution in [3.8, 4) is 11.1 Å². The Bertz CT molecular complexity index is 1720. The molecule has 2 aromatic carbocycles. The Balaban J connectivity index is 1.92. The van der Waals surface area contributed by atoms with Crippen LogP contribution in [0.3, 0.4) is 0 Å². The van der Waals surface area contributed by atoms with Gasteiger partial charge in [-0.05, 0) is 105 Å². The molecule has 2 N–H and O–H groups in total. The van der Waals surface area contributed by atoms with E-state index in [9.17, 15) is 37.1 Å². The summed E-state index contributed by atoms with van der Waals surface area (Å²) in [6, 6.07) is 4.15. The SMILES string of the molecule is Cc1cc(F)cc2c1-c1cc(c(F)c(C(F)(F)F)c1)[C@H](CC(=O)O)NC(=O)C(c1cc(CCN(C)C)cn(C)c1=O)CCCCCCC2. The average molecular weight is 676 g/mol. The number of carbonyl (C=O) groups excluding carboxylic acids is 1. The Kier molecular flexibility index (Phi) is 11.8. The normalized spacial score (nSPS) is 18.0. The highest BCUT2D eigenvalue weighted by molar-refractivity contribution is 5.85. The molecule has 1 aromatic heterocycles. The molecule has 0 radical (unpaired) electrons. The van der Waals surface area contributed by atoms with Gasteiger partial charge in [0.1, 0.15) is 11.6 Å². The van der Waals surface area contributed by atoms with Gasteiger partial charge in [0.15, 0.2) is 0 Å². The van der Waals surface area contributed by atoms with Gasteiger partial charge in [-0.3, -0.25) is 14.4 Å². The molecular weight excluding hydrogens is 633 g/mol. The summed E-state index contributed by atoms with van der Waals surface area (Å²) in [6.07, 6.45) is 0.0767. The number of nitrogens with one attached hydrogen (secondary N) is 1. The van der Waals surface area contributed by atoms with Gasteiger partial charge < -0.3 is 19.9 Å². The molecule has 0 spiro atoms. The molecule has 7 nitrogen and oxygen atoms in total. The topological polar surface area (TPSA) is 91.6 Å². The van der Waals surface area contributed by atoms with E-state index in [-0.39, 0.29) is 17.5 Å². The van der Waals surface area contributed by atoms with Crippen LogP contribution in [0, 0.1) is 18.6 Å². The van der Waals surface area contributed by atoms with Gasteiger partial charge in [-0.25, -0.2) is 8.78 Å². The fraction of sp³-hybridized carbons (Fsp3) is 0.472. The van der Waals surface area contributed by atoms with Crippen molar-refractivity contribution in [3.63, 3.8) is 0 Å². The maximum atomic E-state index is 15.9. The van der Waals surface area contributed by atoms with E-state index in [0.29, 0.717) is 61.4 Å². The lowest BCUT2D eigenvalue weighted by Gasteiger charge is -2.25. The van der Waals surface area contributed by atoms with E-state index in [1.54, 1.807) is 26.2 Å². The zero-order valence-electron chi connectivity index (χ0n) is 27.6. The van der Waals surface area contributed by atoms with Crippen molar-refractivity contribution in [3.05, 3.63) is 91.9 Å². The number of likely N-dealkylation sites (N-methyl/N-ethyl adjacent to an activating group) is 1. The molecule has 1 aliphatic rings. The molecule has 260 valence electrons. The van der Waals surface area contributed by atoms with E-state index < -0.39 is 64.8 Å². The van der Waals surface area contributed by atoms with E-state index in [4.69, 9.17) is 0 Å². The minimum atomic E-state index is -5.16. The van der Waals surface area contributed by atoms with E-state index in [1.807, 2.05) is 19.0 Å². The van der Waals surface area contributed by atoms with Crippen LogP contribution in [-0.4, -0.2) is 47.1 Å². The number of carboxylic acids is 1. The maximum Gasteiger partial charge on any atom is 0.419 e. The van der Waals surface area contributed by atoms with Crippen LogP contribution in [0.4, 0.5) is 22.0 Å². The van der Waals surface area contributed by atoms with Crippen molar-refractivity contribution in [1.82, 2.24) is 14.8 Å². The van der Waals surface area contributed by atoms with Crippen LogP contribution in [0.25, 0.3) is 11.1 Å². The largest absolute Gasteiger partial charge is 0.481 e. The number of rotatable bonds is 6. The third-order valence-electron chi connectivity index (χ3n) is 8.89. The minimum Gasteiger partial charge on any atom is -0.481 e. The number of nitrogens with zero attached hydrogens (tertiary/aromatic N) is 2. The second-order valence-corrected chi connectivity index (χ2v) is 13.0. The molecule has 0 saturated heterocycles. The number of pyridine rings is 1. The highest BCUT2D eigenvalue weighted by atomic mass is 19.4. The monoisotopic (exact) mass is 675 g/mol. The molecular formula is C36H42F5N3O4. The Morgan fingerprint density at radius 2 is 1.69 bits per heavy atom. The molecule has 2 heterocycles. The van der Waals surface area contributed by atoms with Gasteiger partial charge in [0.2, 0.25) is 5.91 Å². The number of hydrogen-bond donors (Lipinski definition) is 2. The summed E-state index contributed by atoms with van der Waals surface area (Å²) in [7, 11) is 5.37. The third-order valence-corrected chi connectivity index (χ3v) is 8.89. The van der Waals surface area contributed by atoms with Gasteiger partial charge in [0.25, 0.3) is 5.56 Å². The van der Waals surface area contributed by atoms with Crippen LogP contribution in [0.1, 0.15) is 90.3 Å². The number of fused-ring (bicyclic) bond motifs is 4. The van der Waals surface area contributed by atoms with E-state index in [2.05, 4.69) is 5.32 Å². The lowest BCUT2D eigenvalue weighted by atomic mass is 9.87. The maximum absolute atomic E-state index is 15.9. The molecule has 1 unspecified atom stereocenters. The first-order chi connectivity index (χ1) is 22.6. The number of amides is 1. The number of carbonyl (C=O) groups is 2. The van der Waals surface area contributed by atoms with Gasteiger partial charge in [0.05, 0.1) is 23.9 Å². The third kappa shape index (κ3) is 8.89. The summed E-state index contributed by atoms with van der Waals surface area (Å²) in [5.74, 6) is -5.60. The van der Waals surface area contributed by atoms with Crippen molar-refractivity contribution in [2.75, 3.05) is 20.6 Å². The number of aryl methyl sites for hydroxylation is 3. The Morgan fingerprint density at radius 3 is 2.35 bits per heavy atom. The standard InChI is InChI=1S/C36H42F5N3O4/c1-21-14-25(37)16-23-10-8-6-5-7-9-11-26(27-15-22(12-13-43(2)3)20-44(4)35(27)48)34(47)42-30(19-31(45)46)28-17-24(32(21)23)18-29(33(28)38)36(39,40)41/h14-18,20,26,30H,5-13,19H2,1-4H3,(H,42,47)(H,45,46)/t26?,30-/m0/s1. The number of hydrogen-bond acceptors (Lipinski definition) is 4. The first kappa shape index (κ1) is 36.8. The Morgan fingerprint density at radius 1 is 1.00 bits per heavy atom. The van der Waals surface area contributed by atoms with Gasteiger partial charge in [-0.2, -0.15) is 13.2 Å². The predicted octanol–water partition coefficient (Wildman–Crippen LogP) is 7.07. The van der Waals surface area contributed by atoms with Crippen molar-refractivity contribution in [2.24, 2.45) is 7.05 Å². The quantitative estimate of drug-likeness (QED) is 0.273. The summed E-state index contributed by atoms with van der Waals surface area (Å²) in [5, 5.41) is 12.3. The fourth-order valence-electron chi connectivity index (χ4n) is 6.53. The predicted molar refractivity (Wildman–Crippen MR) is 173 cm³/mol. The zero-order chi connectivity index (χ0) is 35.3. The fourth-order valence-corrected chi connectivity index (χ4v) is 6.53. The van der Waals surface area contributed by atoms with Crippen molar-refractivity contribution >= 4 is 11.9 Å². The molecule has 0 fully saturated rings. The number of alkyl halides is 3. The van der Waals surface area contributed by atoms with Crippen molar-refractivity contribution in [1.29, 1.82) is 0 Å². The average Bonchev–Trinajstić information content (AvgIpc) is 2.97. The molecule has 4 rings (SSSR count). The summed E-state index contributed by atoms with van der Waals surface area (Å²) in [4.78, 5) is 41.5. The summed E-state index contributed by atoms with van der Waals surface area (Å²) in [5.41, 5.74) is -0.735. The van der Waals surface area contributed by atoms with Crippen molar-refractivity contribution in [2.45, 2.75) is 82.8 Å². The molecule has 1 amide bonds. The first-order valence-electron chi connectivity index (χ1n) is 16.1. The van der Waals surface area contributed by atoms with Crippen LogP contribution in [0.15, 0.2) is 41.3 Å². The number of benzene rings is 2. The summed E-state index contributed by atoms with van der Waals surface area (Å²) >= 11 is 0. The second-order valence-electron chi connectivity index (χ2n) is 13.0. The smallest absolute Gasteiger partial charge is 0.419 e. The van der Waals surface area contributed by atoms with Crippen molar-refractivity contribution < 1.29 is 36.6 Å². The van der Waals surface area contributed by atoms with Crippen LogP contribution < -0.4 is 10.9 Å². The van der Waals surface area contributed by atoms with Gasteiger partial charge in [0, 0.05) is 30.9 Å². The molecule has 1 aliphatic heterocycles. The van der Waals surface area contributed by atoms with Crippen LogP contribution >= 0.6 is 0 Å². The molecule has 3 aromatic rings. The molecule has 12 heteroatoms. The van der Waals surface area contributed by atoms with Crippen LogP contribution in [0.5, 0.6) is 0 Å². The highest BCUT2D eigenvalue weighted by Crippen LogP contribution is 2.40. The number of aliphatic carboxylic acids is 1. The highest BCUT2D eigenvalue weighted by Gasteiger charge is 2.38. The lowest BCUT2D eigenvalue weighted by molar-refractivity contribution is -0.140. The number of halogens is 5. The molecule has 0 saturated carbocycles. The van der Waals surface area contributed by atoms with E-state index >= 15 is 4.39 Å². The molecule has 0 aliphatic carbocycles.